The largest absolute Gasteiger partial charge is 0.452 e. The van der Waals surface area contributed by atoms with E-state index in [0.717, 1.165) is 12.3 Å². The van der Waals surface area contributed by atoms with E-state index in [1.165, 1.54) is 24.3 Å². The van der Waals surface area contributed by atoms with Gasteiger partial charge in [-0.25, -0.2) is 13.2 Å². The van der Waals surface area contributed by atoms with Crippen LogP contribution in [0.25, 0.3) is 0 Å². The van der Waals surface area contributed by atoms with E-state index in [-0.39, 0.29) is 15.6 Å². The molecule has 0 aliphatic carbocycles. The van der Waals surface area contributed by atoms with Crippen LogP contribution < -0.4 is 20.6 Å². The zero-order valence-corrected chi connectivity index (χ0v) is 23.6. The number of nitrogens with one attached hydrogen (secondary N) is 1. The number of halogens is 2. The number of aromatic nitrogens is 4. The number of nitrogens with zero attached hydrogens (tertiary/aromatic N) is 4. The molecule has 0 saturated carbocycles. The van der Waals surface area contributed by atoms with Gasteiger partial charge in [-0.05, 0) is 23.1 Å². The van der Waals surface area contributed by atoms with Crippen molar-refractivity contribution in [2.24, 2.45) is 0 Å². The fourth-order valence-electron chi connectivity index (χ4n) is 3.84. The molecule has 20 heteroatoms. The van der Waals surface area contributed by atoms with Crippen LogP contribution in [0.15, 0.2) is 61.9 Å². The SMILES string of the molecule is O=C(CCC(=O)OCC#CCOc1no[n+]([O-])c1S(=O)(=O)c1ccccc1)Nc1ccn([C@@H]2O[C@H](CO)[C@@H](O)C2(F)F)c(=O)n1. The molecule has 3 heterocycles. The van der Waals surface area contributed by atoms with Crippen molar-refractivity contribution in [2.75, 3.05) is 25.1 Å². The maximum Gasteiger partial charge on any atom is 0.415 e. The van der Waals surface area contributed by atoms with Crippen LogP contribution >= 0.6 is 0 Å². The molecule has 3 atom stereocenters. The number of sulfone groups is 1. The minimum absolute atomic E-state index is 0.196. The number of carbonyl (C=O) groups is 2. The van der Waals surface area contributed by atoms with Gasteiger partial charge in [0.25, 0.3) is 9.84 Å². The summed E-state index contributed by atoms with van der Waals surface area (Å²) < 4.78 is 73.5. The van der Waals surface area contributed by atoms with E-state index in [1.807, 2.05) is 0 Å². The summed E-state index contributed by atoms with van der Waals surface area (Å²) in [5.41, 5.74) is -1.24. The highest BCUT2D eigenvalue weighted by Crippen LogP contribution is 2.42. The van der Waals surface area contributed by atoms with Gasteiger partial charge in [0.05, 0.1) is 23.1 Å². The fraction of sp³-hybridized carbons (Fsp3) is 0.360. The summed E-state index contributed by atoms with van der Waals surface area (Å²) in [6.45, 7) is -1.80. The Hall–Kier alpha value is -4.97. The molecule has 45 heavy (non-hydrogen) atoms. The Bertz CT molecular complexity index is 1770. The molecule has 3 N–H and O–H groups in total. The van der Waals surface area contributed by atoms with Crippen LogP contribution in [0.5, 0.6) is 5.88 Å². The van der Waals surface area contributed by atoms with Gasteiger partial charge in [0, 0.05) is 12.6 Å². The second kappa shape index (κ2) is 13.8. The van der Waals surface area contributed by atoms with E-state index in [0.29, 0.717) is 4.57 Å². The van der Waals surface area contributed by atoms with Gasteiger partial charge < -0.3 is 34.9 Å². The predicted octanol–water partition coefficient (Wildman–Crippen LogP) is -1.07. The molecule has 1 saturated heterocycles. The van der Waals surface area contributed by atoms with Crippen molar-refractivity contribution < 1.29 is 60.7 Å². The van der Waals surface area contributed by atoms with Crippen LogP contribution in [0, 0.1) is 17.0 Å². The molecule has 0 radical (unpaired) electrons. The summed E-state index contributed by atoms with van der Waals surface area (Å²) in [7, 11) is -4.32. The van der Waals surface area contributed by atoms with Gasteiger partial charge in [0.1, 0.15) is 11.9 Å². The van der Waals surface area contributed by atoms with Crippen LogP contribution in [0.3, 0.4) is 0 Å². The predicted molar refractivity (Wildman–Crippen MR) is 140 cm³/mol. The highest BCUT2D eigenvalue weighted by atomic mass is 32.2. The van der Waals surface area contributed by atoms with Crippen LogP contribution in [-0.4, -0.2) is 83.2 Å². The first-order valence-electron chi connectivity index (χ1n) is 12.7. The molecule has 0 spiro atoms. The second-order valence-corrected chi connectivity index (χ2v) is 10.9. The topological polar surface area (TPSA) is 236 Å². The van der Waals surface area contributed by atoms with Crippen molar-refractivity contribution in [3.8, 4) is 17.7 Å². The van der Waals surface area contributed by atoms with Crippen LogP contribution in [0.4, 0.5) is 14.6 Å². The Balaban J connectivity index is 1.21. The van der Waals surface area contributed by atoms with Crippen molar-refractivity contribution in [1.29, 1.82) is 0 Å². The van der Waals surface area contributed by atoms with Crippen molar-refractivity contribution in [3.63, 3.8) is 0 Å². The van der Waals surface area contributed by atoms with E-state index in [1.54, 1.807) is 6.07 Å². The first kappa shape index (κ1) is 32.9. The van der Waals surface area contributed by atoms with Crippen LogP contribution in [0.1, 0.15) is 19.1 Å². The van der Waals surface area contributed by atoms with Crippen molar-refractivity contribution >= 4 is 27.5 Å². The normalized spacial score (nSPS) is 18.9. The Labute approximate surface area is 251 Å². The third-order valence-corrected chi connectivity index (χ3v) is 7.76. The van der Waals surface area contributed by atoms with Gasteiger partial charge in [0.15, 0.2) is 19.3 Å². The molecule has 4 rings (SSSR count). The smallest absolute Gasteiger partial charge is 0.415 e. The number of rotatable bonds is 11. The molecule has 1 aliphatic rings. The zero-order chi connectivity index (χ0) is 32.8. The van der Waals surface area contributed by atoms with E-state index in [9.17, 15) is 41.9 Å². The number of hydrogen-bond acceptors (Lipinski definition) is 14. The third kappa shape index (κ3) is 7.40. The lowest BCUT2D eigenvalue weighted by Gasteiger charge is -2.21. The number of benzene rings is 1. The van der Waals surface area contributed by atoms with E-state index in [4.69, 9.17) is 19.3 Å². The number of aliphatic hydroxyl groups is 2. The Kier molecular flexibility index (Phi) is 10.1. The summed E-state index contributed by atoms with van der Waals surface area (Å²) in [5, 5.41) is 35.1. The lowest BCUT2D eigenvalue weighted by Crippen LogP contribution is -2.41. The molecule has 1 aromatic carbocycles. The Morgan fingerprint density at radius 2 is 1.89 bits per heavy atom. The molecule has 17 nitrogen and oxygen atoms in total. The highest BCUT2D eigenvalue weighted by Gasteiger charge is 2.59. The van der Waals surface area contributed by atoms with E-state index < -0.39 is 95.3 Å². The molecule has 1 amide bonds. The van der Waals surface area contributed by atoms with Gasteiger partial charge in [-0.1, -0.05) is 30.0 Å². The highest BCUT2D eigenvalue weighted by molar-refractivity contribution is 7.91. The van der Waals surface area contributed by atoms with Gasteiger partial charge >= 0.3 is 28.5 Å². The minimum Gasteiger partial charge on any atom is -0.452 e. The number of hydrogen-bond donors (Lipinski definition) is 3. The minimum atomic E-state index is -4.32. The molecule has 1 aliphatic heterocycles. The van der Waals surface area contributed by atoms with Crippen molar-refractivity contribution in [2.45, 2.75) is 47.1 Å². The molecule has 3 aromatic rings. The molecular formula is C25H23F2N5O12S. The number of ether oxygens (including phenoxy) is 3. The van der Waals surface area contributed by atoms with Gasteiger partial charge in [-0.15, -0.1) is 0 Å². The summed E-state index contributed by atoms with van der Waals surface area (Å²) in [6.07, 6.45) is -6.18. The molecule has 240 valence electrons. The molecule has 0 bridgehead atoms. The summed E-state index contributed by atoms with van der Waals surface area (Å²) in [5.74, 6) is -1.62. The Morgan fingerprint density at radius 3 is 2.56 bits per heavy atom. The first-order valence-corrected chi connectivity index (χ1v) is 14.2. The standard InChI is InChI=1S/C25H23F2N5O12S/c26-25(27)20(36)16(14-33)43-23(25)31-11-10-17(29-24(31)37)28-18(34)8-9-19(35)41-12-4-5-13-42-21-22(32(38)44-30-21)45(39,40)15-6-2-1-3-7-15/h1-3,6-7,10-11,16,20,23,33,36H,8-9,12-14H2,(H,28,29,34,37)/t16-,20-,23-/m1/s1. The fourth-order valence-corrected chi connectivity index (χ4v) is 5.13. The number of amides is 1. The van der Waals surface area contributed by atoms with Crippen molar-refractivity contribution in [1.82, 2.24) is 14.7 Å². The van der Waals surface area contributed by atoms with Gasteiger partial charge in [-0.3, -0.25) is 18.8 Å². The van der Waals surface area contributed by atoms with Crippen LogP contribution in [0.2, 0.25) is 0 Å². The molecular weight excluding hydrogens is 632 g/mol. The average molecular weight is 656 g/mol. The zero-order valence-electron chi connectivity index (χ0n) is 22.7. The van der Waals surface area contributed by atoms with E-state index >= 15 is 0 Å². The Morgan fingerprint density at radius 1 is 1.18 bits per heavy atom. The molecule has 1 fully saturated rings. The summed E-state index contributed by atoms with van der Waals surface area (Å²) in [6, 6.07) is 8.04. The summed E-state index contributed by atoms with van der Waals surface area (Å²) in [4.78, 5) is 39.3. The summed E-state index contributed by atoms with van der Waals surface area (Å²) >= 11 is 0. The number of carbonyl (C=O) groups excluding carboxylic acids is 2. The average Bonchev–Trinajstić information content (AvgIpc) is 3.49. The van der Waals surface area contributed by atoms with E-state index in [2.05, 4.69) is 31.9 Å². The van der Waals surface area contributed by atoms with Crippen molar-refractivity contribution in [3.05, 3.63) is 58.3 Å². The number of anilines is 1. The quantitative estimate of drug-likeness (QED) is 0.127. The maximum absolute atomic E-state index is 14.3. The lowest BCUT2D eigenvalue weighted by molar-refractivity contribution is -0.832. The monoisotopic (exact) mass is 655 g/mol. The number of aliphatic hydroxyl groups excluding tert-OH is 2. The number of esters is 1. The first-order chi connectivity index (χ1) is 21.4. The van der Waals surface area contributed by atoms with Crippen LogP contribution in [-0.2, 0) is 28.9 Å². The lowest BCUT2D eigenvalue weighted by atomic mass is 10.1. The van der Waals surface area contributed by atoms with Gasteiger partial charge in [0.2, 0.25) is 12.1 Å². The van der Waals surface area contributed by atoms with Gasteiger partial charge in [-0.2, -0.15) is 13.8 Å². The second-order valence-electron chi connectivity index (χ2n) is 9.04. The maximum atomic E-state index is 14.3. The molecule has 0 unspecified atom stereocenters. The molecule has 2 aromatic heterocycles. The third-order valence-electron chi connectivity index (χ3n) is 6.03. The number of alkyl halides is 2.